The molecule has 0 fully saturated rings. The minimum Gasteiger partial charge on any atom is -0.307 e. The Bertz CT molecular complexity index is 4130. The molecule has 3 aromatic heterocycles. The summed E-state index contributed by atoms with van der Waals surface area (Å²) in [6, 6.07) is 102. The molecule has 0 N–H and O–H groups in total. The molecule has 4 heteroatoms. The average Bonchev–Trinajstić information content (AvgIpc) is 4.09. The fourth-order valence-electron chi connectivity index (χ4n) is 11.9. The quantitative estimate of drug-likeness (QED) is 0.107. The summed E-state index contributed by atoms with van der Waals surface area (Å²) in [7, 11) is -3.19. The first-order valence-corrected chi connectivity index (χ1v) is 26.2. The smallest absolute Gasteiger partial charge is 0.181 e. The maximum absolute atomic E-state index is 3.19. The number of fused-ring (bicyclic) bond motifs is 9. The number of benzene rings is 11. The van der Waals surface area contributed by atoms with Gasteiger partial charge in [0.1, 0.15) is 0 Å². The van der Waals surface area contributed by atoms with E-state index in [1.165, 1.54) is 91.9 Å². The van der Waals surface area contributed by atoms with Gasteiger partial charge in [0.25, 0.3) is 0 Å². The Morgan fingerprint density at radius 1 is 0.257 bits per heavy atom. The molecule has 328 valence electrons. The predicted molar refractivity (Wildman–Crippen MR) is 299 cm³/mol. The minimum absolute atomic E-state index is 1.12. The molecule has 3 nitrogen and oxygen atoms in total. The highest BCUT2D eigenvalue weighted by Gasteiger charge is 2.44. The van der Waals surface area contributed by atoms with Crippen molar-refractivity contribution < 1.29 is 0 Å². The Morgan fingerprint density at radius 2 is 0.657 bits per heavy atom. The van der Waals surface area contributed by atoms with Crippen molar-refractivity contribution >= 4 is 94.2 Å². The van der Waals surface area contributed by atoms with E-state index in [2.05, 4.69) is 287 Å². The Labute approximate surface area is 407 Å². The highest BCUT2D eigenvalue weighted by molar-refractivity contribution is 7.20. The van der Waals surface area contributed by atoms with E-state index in [4.69, 9.17) is 0 Å². The van der Waals surface area contributed by atoms with Gasteiger partial charge in [0.2, 0.25) is 0 Å². The number of rotatable bonds is 8. The van der Waals surface area contributed by atoms with Crippen LogP contribution in [0, 0.1) is 0 Å². The maximum Gasteiger partial charge on any atom is 0.181 e. The Hall–Kier alpha value is -8.96. The summed E-state index contributed by atoms with van der Waals surface area (Å²) in [5, 5.41) is 12.6. The van der Waals surface area contributed by atoms with E-state index in [0.717, 1.165) is 22.4 Å². The second-order valence-corrected chi connectivity index (χ2v) is 22.1. The van der Waals surface area contributed by atoms with Crippen LogP contribution >= 0.6 is 0 Å². The van der Waals surface area contributed by atoms with Crippen molar-refractivity contribution in [2.75, 3.05) is 0 Å². The third kappa shape index (κ3) is 5.87. The molecule has 3 heterocycles. The van der Waals surface area contributed by atoms with Crippen molar-refractivity contribution in [1.82, 2.24) is 13.7 Å². The molecule has 0 spiro atoms. The first-order chi connectivity index (χ1) is 34.8. The number of para-hydroxylation sites is 5. The standard InChI is InChI=1S/C66H45N3Si/c1-5-23-46(24-6-1)47-25-21-26-48(45-47)67-58-38-17-15-35-54(58)56-37-22-42-62(64(56)67)69-61-41-20-16-36-55(61)57-43-44-63(66(65(57)69)68-59-39-18-13-33-52(59)53-34-14-19-40-60(53)68)70(49-27-7-2-8-28-49,50-29-9-3-10-30-50)51-31-11-4-12-32-51/h1-45H. The van der Waals surface area contributed by atoms with Gasteiger partial charge in [-0.25, -0.2) is 0 Å². The van der Waals surface area contributed by atoms with E-state index in [-0.39, 0.29) is 0 Å². The summed E-state index contributed by atoms with van der Waals surface area (Å²) in [4.78, 5) is 0. The number of nitrogens with zero attached hydrogens (tertiary/aromatic N) is 3. The van der Waals surface area contributed by atoms with Crippen LogP contribution in [0.5, 0.6) is 0 Å². The van der Waals surface area contributed by atoms with Gasteiger partial charge >= 0.3 is 0 Å². The second kappa shape index (κ2) is 16.1. The molecule has 0 bridgehead atoms. The Morgan fingerprint density at radius 3 is 1.20 bits per heavy atom. The molecule has 70 heavy (non-hydrogen) atoms. The van der Waals surface area contributed by atoms with E-state index in [1.54, 1.807) is 0 Å². The SMILES string of the molecule is c1ccc(-c2cccc(-n3c4ccccc4c4cccc(-n5c6ccccc6c6ccc([Si](c7ccccc7)(c7ccccc7)c7ccccc7)c(-n7c8ccccc8c8ccccc87)c65)c43)c2)cc1. The fraction of sp³-hybridized carbons (Fsp3) is 0. The van der Waals surface area contributed by atoms with E-state index in [0.29, 0.717) is 0 Å². The van der Waals surface area contributed by atoms with E-state index < -0.39 is 8.07 Å². The van der Waals surface area contributed by atoms with E-state index in [9.17, 15) is 0 Å². The average molecular weight is 908 g/mol. The molecule has 0 radical (unpaired) electrons. The molecule has 11 aromatic carbocycles. The van der Waals surface area contributed by atoms with Crippen LogP contribution in [0.1, 0.15) is 0 Å². The van der Waals surface area contributed by atoms with Gasteiger partial charge in [0, 0.05) is 38.0 Å². The molecule has 0 unspecified atom stereocenters. The summed E-state index contributed by atoms with van der Waals surface area (Å²) >= 11 is 0. The molecular formula is C66H45N3Si. The van der Waals surface area contributed by atoms with Gasteiger partial charge in [-0.1, -0.05) is 231 Å². The normalized spacial score (nSPS) is 12.0. The molecular weight excluding hydrogens is 863 g/mol. The lowest BCUT2D eigenvalue weighted by molar-refractivity contribution is 1.11. The molecule has 0 amide bonds. The van der Waals surface area contributed by atoms with Crippen LogP contribution < -0.4 is 20.7 Å². The Balaban J connectivity index is 1.22. The van der Waals surface area contributed by atoms with Crippen molar-refractivity contribution in [3.63, 3.8) is 0 Å². The van der Waals surface area contributed by atoms with Gasteiger partial charge in [0.05, 0.1) is 44.5 Å². The first kappa shape index (κ1) is 40.1. The molecule has 0 saturated heterocycles. The van der Waals surface area contributed by atoms with Gasteiger partial charge in [0.15, 0.2) is 8.07 Å². The highest BCUT2D eigenvalue weighted by Crippen LogP contribution is 2.43. The third-order valence-electron chi connectivity index (χ3n) is 14.8. The summed E-state index contributed by atoms with van der Waals surface area (Å²) < 4.78 is 7.74. The van der Waals surface area contributed by atoms with Gasteiger partial charge in [-0.05, 0) is 74.3 Å². The number of hydrogen-bond donors (Lipinski definition) is 0. The number of hydrogen-bond acceptors (Lipinski definition) is 0. The predicted octanol–water partition coefficient (Wildman–Crippen LogP) is 14.0. The summed E-state index contributed by atoms with van der Waals surface area (Å²) in [6.07, 6.45) is 0. The van der Waals surface area contributed by atoms with Crippen molar-refractivity contribution in [1.29, 1.82) is 0 Å². The summed E-state index contributed by atoms with van der Waals surface area (Å²) in [5.74, 6) is 0. The molecule has 0 aliphatic rings. The van der Waals surface area contributed by atoms with Gasteiger partial charge < -0.3 is 13.7 Å². The van der Waals surface area contributed by atoms with Crippen molar-refractivity contribution in [2.45, 2.75) is 0 Å². The van der Waals surface area contributed by atoms with Crippen LogP contribution in [-0.4, -0.2) is 21.8 Å². The van der Waals surface area contributed by atoms with Crippen LogP contribution in [0.15, 0.2) is 273 Å². The van der Waals surface area contributed by atoms with Gasteiger partial charge in [-0.15, -0.1) is 0 Å². The van der Waals surface area contributed by atoms with Crippen LogP contribution in [-0.2, 0) is 0 Å². The fourth-order valence-corrected chi connectivity index (χ4v) is 16.8. The van der Waals surface area contributed by atoms with Crippen LogP contribution in [0.2, 0.25) is 0 Å². The van der Waals surface area contributed by atoms with Crippen LogP contribution in [0.4, 0.5) is 0 Å². The molecule has 0 atom stereocenters. The van der Waals surface area contributed by atoms with Crippen molar-refractivity contribution in [2.24, 2.45) is 0 Å². The Kier molecular flexibility index (Phi) is 9.23. The topological polar surface area (TPSA) is 14.8 Å². The largest absolute Gasteiger partial charge is 0.307 e. The number of aromatic nitrogens is 3. The van der Waals surface area contributed by atoms with Crippen molar-refractivity contribution in [3.8, 4) is 28.2 Å². The molecule has 0 aliphatic carbocycles. The van der Waals surface area contributed by atoms with Crippen molar-refractivity contribution in [3.05, 3.63) is 273 Å². The van der Waals surface area contributed by atoms with E-state index >= 15 is 0 Å². The van der Waals surface area contributed by atoms with E-state index in [1.807, 2.05) is 0 Å². The highest BCUT2D eigenvalue weighted by atomic mass is 28.3. The minimum atomic E-state index is -3.19. The third-order valence-corrected chi connectivity index (χ3v) is 19.6. The zero-order valence-corrected chi connectivity index (χ0v) is 39.3. The second-order valence-electron chi connectivity index (χ2n) is 18.4. The maximum atomic E-state index is 2.62. The van der Waals surface area contributed by atoms with Gasteiger partial charge in [-0.2, -0.15) is 0 Å². The molecule has 0 aliphatic heterocycles. The zero-order chi connectivity index (χ0) is 46.2. The zero-order valence-electron chi connectivity index (χ0n) is 38.3. The summed E-state index contributed by atoms with van der Waals surface area (Å²) in [6.45, 7) is 0. The lowest BCUT2D eigenvalue weighted by Gasteiger charge is -2.36. The molecule has 14 rings (SSSR count). The van der Waals surface area contributed by atoms with Gasteiger partial charge in [-0.3, -0.25) is 0 Å². The molecule has 14 aromatic rings. The lowest BCUT2D eigenvalue weighted by atomic mass is 10.1. The monoisotopic (exact) mass is 907 g/mol. The van der Waals surface area contributed by atoms with Crippen LogP contribution in [0.3, 0.4) is 0 Å². The first-order valence-electron chi connectivity index (χ1n) is 24.2. The summed E-state index contributed by atoms with van der Waals surface area (Å²) in [5.41, 5.74) is 12.8. The lowest BCUT2D eigenvalue weighted by Crippen LogP contribution is -2.75. The van der Waals surface area contributed by atoms with Crippen LogP contribution in [0.25, 0.3) is 93.6 Å². The molecule has 0 saturated carbocycles.